The van der Waals surface area contributed by atoms with Crippen LogP contribution in [0, 0.1) is 29.6 Å². The maximum absolute atomic E-state index is 15.3. The minimum Gasteiger partial charge on any atom is -0.491 e. The monoisotopic (exact) mass is 570 g/mol. The predicted octanol–water partition coefficient (Wildman–Crippen LogP) is 5.24. The van der Waals surface area contributed by atoms with Crippen LogP contribution < -0.4 is 4.74 Å². The minimum absolute atomic E-state index is 0.0152. The van der Waals surface area contributed by atoms with Gasteiger partial charge in [-0.3, -0.25) is 0 Å². The molecular formula is C32H36F2O5S. The molecule has 0 bridgehead atoms. The van der Waals surface area contributed by atoms with Crippen molar-refractivity contribution < 1.29 is 32.1 Å². The summed E-state index contributed by atoms with van der Waals surface area (Å²) in [7, 11) is -3.36. The molecule has 2 N–H and O–H groups in total. The molecular weight excluding hydrogens is 534 g/mol. The lowest BCUT2D eigenvalue weighted by molar-refractivity contribution is -0.214. The third-order valence-corrected chi connectivity index (χ3v) is 12.8. The molecule has 2 aromatic rings. The van der Waals surface area contributed by atoms with Gasteiger partial charge < -0.3 is 14.9 Å². The molecule has 6 atom stereocenters. The highest BCUT2D eigenvalue weighted by Gasteiger charge is 2.71. The Hall–Kier alpha value is -2.47. The maximum atomic E-state index is 15.3. The average molecular weight is 571 g/mol. The third kappa shape index (κ3) is 4.03. The molecule has 0 amide bonds. The number of benzene rings is 2. The SMILES string of the molecule is C#CC(F)(F)[C@]1(O)CC[C@H]2[C@@H]3CCc4cc(OCCO)ccc4C3[C@@H](c3ccc(S(=O)(=O)C4CC4)cc3)C[C@@]21C. The van der Waals surface area contributed by atoms with Crippen LogP contribution in [0.2, 0.25) is 0 Å². The quantitative estimate of drug-likeness (QED) is 0.445. The zero-order valence-electron chi connectivity index (χ0n) is 22.7. The summed E-state index contributed by atoms with van der Waals surface area (Å²) in [6.45, 7) is 1.90. The van der Waals surface area contributed by atoms with Gasteiger partial charge in [0.15, 0.2) is 9.84 Å². The van der Waals surface area contributed by atoms with Crippen molar-refractivity contribution in [2.45, 2.75) is 85.4 Å². The van der Waals surface area contributed by atoms with Crippen LogP contribution in [0.25, 0.3) is 0 Å². The van der Waals surface area contributed by atoms with E-state index in [1.165, 1.54) is 0 Å². The van der Waals surface area contributed by atoms with Crippen LogP contribution >= 0.6 is 0 Å². The van der Waals surface area contributed by atoms with E-state index in [4.69, 9.17) is 16.3 Å². The van der Waals surface area contributed by atoms with Gasteiger partial charge in [-0.2, -0.15) is 8.78 Å². The molecule has 214 valence electrons. The van der Waals surface area contributed by atoms with E-state index in [1.807, 2.05) is 24.3 Å². The van der Waals surface area contributed by atoms with E-state index >= 15 is 8.78 Å². The number of sulfone groups is 1. The molecule has 0 radical (unpaired) electrons. The molecule has 2 aromatic carbocycles. The first-order valence-corrected chi connectivity index (χ1v) is 15.8. The van der Waals surface area contributed by atoms with Crippen LogP contribution in [0.1, 0.15) is 74.0 Å². The zero-order valence-corrected chi connectivity index (χ0v) is 23.5. The lowest BCUT2D eigenvalue weighted by atomic mass is 9.48. The van der Waals surface area contributed by atoms with Crippen molar-refractivity contribution in [1.82, 2.24) is 0 Å². The fourth-order valence-corrected chi connectivity index (χ4v) is 10.0. The van der Waals surface area contributed by atoms with Crippen molar-refractivity contribution >= 4 is 9.84 Å². The molecule has 3 fully saturated rings. The van der Waals surface area contributed by atoms with Crippen molar-refractivity contribution in [3.05, 3.63) is 59.2 Å². The number of terminal acetylenes is 1. The van der Waals surface area contributed by atoms with E-state index in [1.54, 1.807) is 25.0 Å². The van der Waals surface area contributed by atoms with Crippen LogP contribution in [0.15, 0.2) is 47.4 Å². The molecule has 0 aromatic heterocycles. The molecule has 3 saturated carbocycles. The smallest absolute Gasteiger partial charge is 0.336 e. The van der Waals surface area contributed by atoms with E-state index in [0.717, 1.165) is 29.5 Å². The molecule has 1 unspecified atom stereocenters. The first-order valence-electron chi connectivity index (χ1n) is 14.2. The summed E-state index contributed by atoms with van der Waals surface area (Å²) in [5, 5.41) is 20.5. The second-order valence-electron chi connectivity index (χ2n) is 12.4. The molecule has 4 aliphatic rings. The number of fused-ring (bicyclic) bond motifs is 5. The van der Waals surface area contributed by atoms with Gasteiger partial charge in [0.25, 0.3) is 0 Å². The van der Waals surface area contributed by atoms with Crippen molar-refractivity contribution in [3.8, 4) is 18.1 Å². The fourth-order valence-electron chi connectivity index (χ4n) is 8.38. The van der Waals surface area contributed by atoms with Gasteiger partial charge in [-0.15, -0.1) is 6.42 Å². The number of hydrogen-bond donors (Lipinski definition) is 2. The largest absolute Gasteiger partial charge is 0.491 e. The molecule has 4 aliphatic carbocycles. The van der Waals surface area contributed by atoms with Crippen molar-refractivity contribution in [1.29, 1.82) is 0 Å². The summed E-state index contributed by atoms with van der Waals surface area (Å²) >= 11 is 0. The Morgan fingerprint density at radius 2 is 1.85 bits per heavy atom. The van der Waals surface area contributed by atoms with Gasteiger partial charge in [-0.25, -0.2) is 8.42 Å². The zero-order chi connectivity index (χ0) is 28.5. The summed E-state index contributed by atoms with van der Waals surface area (Å²) in [6.07, 6.45) is 8.91. The van der Waals surface area contributed by atoms with Gasteiger partial charge in [0.1, 0.15) is 18.0 Å². The van der Waals surface area contributed by atoms with Gasteiger partial charge in [0.05, 0.1) is 16.8 Å². The maximum Gasteiger partial charge on any atom is 0.336 e. The van der Waals surface area contributed by atoms with E-state index in [0.29, 0.717) is 36.3 Å². The third-order valence-electron chi connectivity index (χ3n) is 10.5. The van der Waals surface area contributed by atoms with Crippen molar-refractivity contribution in [2.24, 2.45) is 17.3 Å². The standard InChI is InChI=1S/C32H36F2O5S/c1-3-32(33,34)31(36)15-14-28-26-12-6-21-18-22(39-17-16-35)7-13-25(21)29(26)27(19-30(28,31)2)20-4-8-23(9-5-20)40(37,38)24-10-11-24/h1,4-5,7-9,13,18,24,26-29,35-36H,6,10-12,14-17,19H2,2H3/t26-,27+,28-,29?,30-,31-/m0/s1. The van der Waals surface area contributed by atoms with Crippen LogP contribution in [0.4, 0.5) is 8.78 Å². The van der Waals surface area contributed by atoms with Gasteiger partial charge in [0.2, 0.25) is 0 Å². The molecule has 40 heavy (non-hydrogen) atoms. The highest BCUT2D eigenvalue weighted by Crippen LogP contribution is 2.70. The molecule has 0 spiro atoms. The number of rotatable bonds is 7. The topological polar surface area (TPSA) is 83.8 Å². The number of aryl methyl sites for hydroxylation is 1. The Labute approximate surface area is 234 Å². The van der Waals surface area contributed by atoms with Crippen molar-refractivity contribution in [3.63, 3.8) is 0 Å². The number of aliphatic hydroxyl groups is 2. The Morgan fingerprint density at radius 1 is 1.12 bits per heavy atom. The van der Waals surface area contributed by atoms with E-state index < -0.39 is 26.8 Å². The lowest BCUT2D eigenvalue weighted by Crippen LogP contribution is -2.60. The molecule has 0 saturated heterocycles. The average Bonchev–Trinajstić information content (AvgIpc) is 3.77. The highest BCUT2D eigenvalue weighted by molar-refractivity contribution is 7.92. The number of halogens is 2. The van der Waals surface area contributed by atoms with Gasteiger partial charge in [-0.1, -0.05) is 25.1 Å². The second-order valence-corrected chi connectivity index (χ2v) is 14.7. The summed E-state index contributed by atoms with van der Waals surface area (Å²) in [5.41, 5.74) is -0.264. The molecule has 0 aliphatic heterocycles. The first-order chi connectivity index (χ1) is 19.0. The van der Waals surface area contributed by atoms with E-state index in [2.05, 4.69) is 6.07 Å². The predicted molar refractivity (Wildman–Crippen MR) is 147 cm³/mol. The highest BCUT2D eigenvalue weighted by atomic mass is 32.2. The first kappa shape index (κ1) is 27.7. The summed E-state index contributed by atoms with van der Waals surface area (Å²) in [4.78, 5) is 0.293. The molecule has 5 nitrogen and oxygen atoms in total. The van der Waals surface area contributed by atoms with Gasteiger partial charge >= 0.3 is 5.92 Å². The van der Waals surface area contributed by atoms with Crippen molar-refractivity contribution in [2.75, 3.05) is 13.2 Å². The van der Waals surface area contributed by atoms with Crippen LogP contribution in [-0.4, -0.2) is 48.6 Å². The summed E-state index contributed by atoms with van der Waals surface area (Å²) < 4.78 is 61.9. The molecule has 8 heteroatoms. The number of aliphatic hydroxyl groups excluding tert-OH is 1. The summed E-state index contributed by atoms with van der Waals surface area (Å²) in [6, 6.07) is 12.9. The molecule has 0 heterocycles. The van der Waals surface area contributed by atoms with E-state index in [-0.39, 0.29) is 48.6 Å². The molecule has 6 rings (SSSR count). The van der Waals surface area contributed by atoms with Crippen LogP contribution in [0.3, 0.4) is 0 Å². The van der Waals surface area contributed by atoms with Gasteiger partial charge in [-0.05, 0) is 115 Å². The number of ether oxygens (including phenoxy) is 1. The van der Waals surface area contributed by atoms with Crippen LogP contribution in [-0.2, 0) is 16.3 Å². The lowest BCUT2D eigenvalue weighted by Gasteiger charge is -2.57. The normalized spacial score (nSPS) is 33.4. The fraction of sp³-hybridized carbons (Fsp3) is 0.562. The Morgan fingerprint density at radius 3 is 2.50 bits per heavy atom. The van der Waals surface area contributed by atoms with Gasteiger partial charge in [0, 0.05) is 5.41 Å². The Kier molecular flexibility index (Phi) is 6.60. The van der Waals surface area contributed by atoms with Crippen LogP contribution in [0.5, 0.6) is 5.75 Å². The minimum atomic E-state index is -3.67. The van der Waals surface area contributed by atoms with E-state index in [9.17, 15) is 13.5 Å². The second kappa shape index (κ2) is 9.54. The summed E-state index contributed by atoms with van der Waals surface area (Å²) in [5.74, 6) is -1.66. The Bertz CT molecular complexity index is 1440. The number of hydrogen-bond acceptors (Lipinski definition) is 5. The number of alkyl halides is 2. The Balaban J connectivity index is 1.44.